The normalized spacial score (nSPS) is 16.7. The summed E-state index contributed by atoms with van der Waals surface area (Å²) in [5, 5.41) is 0. The van der Waals surface area contributed by atoms with Gasteiger partial charge in [0.15, 0.2) is 5.71 Å². The van der Waals surface area contributed by atoms with Crippen LogP contribution in [0, 0.1) is 6.07 Å². The fraction of sp³-hybridized carbons (Fsp3) is 0.556. The molecule has 162 valence electrons. The molecular formula is C18H24NNaO8S2. The molecule has 0 saturated heterocycles. The van der Waals surface area contributed by atoms with Gasteiger partial charge in [0.2, 0.25) is 0 Å². The zero-order valence-electron chi connectivity index (χ0n) is 17.5. The van der Waals surface area contributed by atoms with Crippen LogP contribution in [0.1, 0.15) is 52.0 Å². The molecule has 1 aliphatic rings. The number of rotatable bonds is 7. The van der Waals surface area contributed by atoms with Gasteiger partial charge >= 0.3 is 46.3 Å². The summed E-state index contributed by atoms with van der Waals surface area (Å²) in [6, 6.07) is 9.11. The Morgan fingerprint density at radius 1 is 1.23 bits per heavy atom. The van der Waals surface area contributed by atoms with Crippen LogP contribution in [-0.4, -0.2) is 54.3 Å². The first-order valence-corrected chi connectivity index (χ1v) is 11.3. The molecule has 1 aliphatic heterocycles. The van der Waals surface area contributed by atoms with E-state index in [1.165, 1.54) is 11.3 Å². The number of carbonyl (C=O) groups excluding carboxylic acids is 2. The van der Waals surface area contributed by atoms with Crippen molar-refractivity contribution in [1.29, 1.82) is 0 Å². The molecule has 0 fully saturated rings. The Morgan fingerprint density at radius 2 is 1.77 bits per heavy atom. The van der Waals surface area contributed by atoms with Crippen molar-refractivity contribution in [1.82, 2.24) is 0 Å². The molecule has 0 spiro atoms. The fourth-order valence-electron chi connectivity index (χ4n) is 3.31. The van der Waals surface area contributed by atoms with Crippen LogP contribution in [0.5, 0.6) is 0 Å². The molecule has 1 aromatic rings. The minimum Gasteiger partial charge on any atom is -0.748 e. The second-order valence-electron chi connectivity index (χ2n) is 6.52. The van der Waals surface area contributed by atoms with E-state index >= 15 is 0 Å². The maximum atomic E-state index is 10.8. The number of fused-ring (bicyclic) bond motifs is 1. The third-order valence-electron chi connectivity index (χ3n) is 4.74. The molecule has 1 heterocycles. The van der Waals surface area contributed by atoms with Gasteiger partial charge in [-0.2, -0.15) is 27.8 Å². The van der Waals surface area contributed by atoms with Crippen LogP contribution in [-0.2, 0) is 35.7 Å². The van der Waals surface area contributed by atoms with E-state index in [0.29, 0.717) is 13.0 Å². The molecule has 2 rings (SSSR count). The SMILES string of the molecule is CCCCC1(C)C(C)=[N+](CCCS(=O)(=O)[O-])c2cc[c-]cc21.O=C=O.O=S(=O)=O.[Na+]. The van der Waals surface area contributed by atoms with E-state index in [1.54, 1.807) is 0 Å². The Bertz CT molecular complexity index is 961. The standard InChI is InChI=1S/C17H25NO3S.CO2.Na.O3S/c1-4-5-11-17(3)14(2)18(12-8-13-22(19,20)21)16-10-7-6-9-15(16)17;2-1-3;;1-4(2)3/h7,9-10H,4-5,8,11-13H2,1-3H3,(H,19,20,21);;;/q;;+1;/p-1. The van der Waals surface area contributed by atoms with Crippen LogP contribution in [0.2, 0.25) is 0 Å². The molecule has 1 aromatic carbocycles. The number of hydrogen-bond donors (Lipinski definition) is 0. The quantitative estimate of drug-likeness (QED) is 0.201. The molecule has 0 N–H and O–H groups in total. The van der Waals surface area contributed by atoms with Gasteiger partial charge in [0.05, 0.1) is 10.1 Å². The Labute approximate surface area is 200 Å². The first kappa shape index (κ1) is 31.0. The number of benzene rings is 1. The van der Waals surface area contributed by atoms with Crippen molar-refractivity contribution in [3.8, 4) is 0 Å². The molecule has 30 heavy (non-hydrogen) atoms. The van der Waals surface area contributed by atoms with Crippen molar-refractivity contribution in [2.24, 2.45) is 0 Å². The molecule has 9 nitrogen and oxygen atoms in total. The van der Waals surface area contributed by atoms with Crippen LogP contribution in [0.4, 0.5) is 5.69 Å². The van der Waals surface area contributed by atoms with Crippen LogP contribution in [0.25, 0.3) is 0 Å². The molecule has 0 aliphatic carbocycles. The van der Waals surface area contributed by atoms with Gasteiger partial charge in [-0.1, -0.05) is 32.3 Å². The van der Waals surface area contributed by atoms with Crippen molar-refractivity contribution in [3.63, 3.8) is 0 Å². The van der Waals surface area contributed by atoms with Crippen molar-refractivity contribution in [3.05, 3.63) is 29.8 Å². The van der Waals surface area contributed by atoms with Gasteiger partial charge in [-0.25, -0.2) is 13.0 Å². The first-order valence-electron chi connectivity index (χ1n) is 8.76. The summed E-state index contributed by atoms with van der Waals surface area (Å²) in [5.74, 6) is -0.309. The second kappa shape index (κ2) is 14.7. The molecular weight excluding hydrogens is 445 g/mol. The van der Waals surface area contributed by atoms with Gasteiger partial charge in [-0.05, 0) is 6.42 Å². The summed E-state index contributed by atoms with van der Waals surface area (Å²) in [6.07, 6.45) is 3.95. The van der Waals surface area contributed by atoms with E-state index in [4.69, 9.17) is 22.2 Å². The molecule has 1 atom stereocenters. The van der Waals surface area contributed by atoms with Crippen LogP contribution < -0.4 is 29.6 Å². The maximum absolute atomic E-state index is 10.8. The topological polar surface area (TPSA) is 146 Å². The Kier molecular flexibility index (Phi) is 15.2. The van der Waals surface area contributed by atoms with Gasteiger partial charge in [0.1, 0.15) is 12.2 Å². The minimum absolute atomic E-state index is 0. The van der Waals surface area contributed by atoms with Crippen molar-refractivity contribution < 1.29 is 69.3 Å². The van der Waals surface area contributed by atoms with Crippen molar-refractivity contribution >= 4 is 38.3 Å². The van der Waals surface area contributed by atoms with Crippen LogP contribution in [0.3, 0.4) is 0 Å². The maximum Gasteiger partial charge on any atom is 1.00 e. The zero-order chi connectivity index (χ0) is 22.7. The monoisotopic (exact) mass is 469 g/mol. The fourth-order valence-corrected chi connectivity index (χ4v) is 3.79. The van der Waals surface area contributed by atoms with E-state index in [0.717, 1.165) is 24.9 Å². The Morgan fingerprint density at radius 3 is 2.23 bits per heavy atom. The summed E-state index contributed by atoms with van der Waals surface area (Å²) in [5.41, 5.74) is 3.59. The van der Waals surface area contributed by atoms with Crippen molar-refractivity contribution in [2.45, 2.75) is 51.9 Å². The second-order valence-corrected chi connectivity index (χ2v) is 8.45. The molecule has 12 heteroatoms. The van der Waals surface area contributed by atoms with E-state index in [1.807, 2.05) is 18.2 Å². The van der Waals surface area contributed by atoms with Gasteiger partial charge in [-0.3, -0.25) is 0 Å². The zero-order valence-corrected chi connectivity index (χ0v) is 21.1. The molecule has 0 bridgehead atoms. The Hall–Kier alpha value is -1.20. The van der Waals surface area contributed by atoms with Gasteiger partial charge < -0.3 is 4.55 Å². The average Bonchev–Trinajstić information content (AvgIpc) is 2.82. The predicted molar refractivity (Wildman–Crippen MR) is 102 cm³/mol. The molecule has 0 aromatic heterocycles. The van der Waals surface area contributed by atoms with E-state index in [2.05, 4.69) is 31.4 Å². The average molecular weight is 470 g/mol. The summed E-state index contributed by atoms with van der Waals surface area (Å²) < 4.78 is 59.9. The Balaban J connectivity index is 0. The van der Waals surface area contributed by atoms with Crippen molar-refractivity contribution in [2.75, 3.05) is 12.3 Å². The smallest absolute Gasteiger partial charge is 0.748 e. The van der Waals surface area contributed by atoms with Gasteiger partial charge in [0, 0.05) is 24.5 Å². The number of hydrogen-bond acceptors (Lipinski definition) is 8. The van der Waals surface area contributed by atoms with Crippen LogP contribution >= 0.6 is 0 Å². The number of nitrogens with zero attached hydrogens (tertiary/aromatic N) is 1. The third-order valence-corrected chi connectivity index (χ3v) is 5.52. The van der Waals surface area contributed by atoms with Gasteiger partial charge in [-0.15, -0.1) is 18.7 Å². The summed E-state index contributed by atoms with van der Waals surface area (Å²) in [7, 11) is -7.26. The summed E-state index contributed by atoms with van der Waals surface area (Å²) in [4.78, 5) is 16.2. The molecule has 0 radical (unpaired) electrons. The van der Waals surface area contributed by atoms with E-state index in [9.17, 15) is 13.0 Å². The third kappa shape index (κ3) is 10.2. The first-order chi connectivity index (χ1) is 13.4. The molecule has 0 saturated carbocycles. The van der Waals surface area contributed by atoms with Crippen LogP contribution in [0.15, 0.2) is 18.2 Å². The largest absolute Gasteiger partial charge is 1.00 e. The predicted octanol–water partition coefficient (Wildman–Crippen LogP) is -1.60. The molecule has 0 amide bonds. The summed E-state index contributed by atoms with van der Waals surface area (Å²) >= 11 is 0. The van der Waals surface area contributed by atoms with E-state index in [-0.39, 0.29) is 46.9 Å². The van der Waals surface area contributed by atoms with E-state index < -0.39 is 20.7 Å². The summed E-state index contributed by atoms with van der Waals surface area (Å²) in [6.45, 7) is 7.10. The number of unbranched alkanes of at least 4 members (excludes halogenated alkanes) is 1. The van der Waals surface area contributed by atoms with Gasteiger partial charge in [0.25, 0.3) is 0 Å². The molecule has 1 unspecified atom stereocenters. The minimum atomic E-state index is -4.15.